The van der Waals surface area contributed by atoms with Gasteiger partial charge in [0.25, 0.3) is 0 Å². The molecular weight excluding hydrogens is 746 g/mol. The van der Waals surface area contributed by atoms with Crippen molar-refractivity contribution in [2.75, 3.05) is 34.6 Å². The summed E-state index contributed by atoms with van der Waals surface area (Å²) in [5, 5.41) is 23.4. The number of ketones is 1. The number of aliphatic hydroxyl groups excluding tert-OH is 1. The standard InChI is InChI=1S/C41H67NO15/c1-11-31(45)55-30-21-32(46)52-25(4)16-14-13-15-17-29(44)24(3)20-28(18-19-43)37(38(30)49-10)57-40-35(47)34(42(8)9)36(26(5)54-40)56-33-22-41(7,48)39(27(6)53-33)51-23-50-12-2/h13-15,17,19,24-28,30,33-40,47-48H,11-12,16,18,20-23H2,1-10H3/b14-13+,17-15+/t24-,25-,26-,27+,28+,30-,33+,34-,35-,36-,37+,38+,39+,40+,41-/m1/s1. The second kappa shape index (κ2) is 23.2. The average Bonchev–Trinajstić information content (AvgIpc) is 3.13. The Balaban J connectivity index is 2.00. The van der Waals surface area contributed by atoms with Crippen LogP contribution in [0, 0.1) is 11.8 Å². The lowest BCUT2D eigenvalue weighted by Crippen LogP contribution is -2.66. The highest BCUT2D eigenvalue weighted by molar-refractivity contribution is 5.91. The van der Waals surface area contributed by atoms with Gasteiger partial charge in [0.2, 0.25) is 0 Å². The quantitative estimate of drug-likeness (QED) is 0.112. The number of cyclic esters (lactones) is 1. The topological polar surface area (TPSA) is 195 Å². The van der Waals surface area contributed by atoms with Crippen molar-refractivity contribution in [3.8, 4) is 0 Å². The number of hydrogen-bond acceptors (Lipinski definition) is 16. The summed E-state index contributed by atoms with van der Waals surface area (Å²) in [6.07, 6.45) is -3.24. The third kappa shape index (κ3) is 14.0. The lowest BCUT2D eigenvalue weighted by Gasteiger charge is -2.50. The van der Waals surface area contributed by atoms with Gasteiger partial charge in [0.15, 0.2) is 18.4 Å². The van der Waals surface area contributed by atoms with Crippen molar-refractivity contribution in [2.24, 2.45) is 11.8 Å². The number of nitrogens with zero attached hydrogens (tertiary/aromatic N) is 1. The first-order valence-corrected chi connectivity index (χ1v) is 20.1. The van der Waals surface area contributed by atoms with Crippen LogP contribution in [-0.4, -0.2) is 153 Å². The molecule has 15 atom stereocenters. The Kier molecular flexibility index (Phi) is 19.9. The van der Waals surface area contributed by atoms with Gasteiger partial charge >= 0.3 is 11.9 Å². The number of methoxy groups -OCH3 is 1. The van der Waals surface area contributed by atoms with Crippen LogP contribution < -0.4 is 0 Å². The molecule has 0 saturated carbocycles. The van der Waals surface area contributed by atoms with Gasteiger partial charge in [-0.25, -0.2) is 0 Å². The summed E-state index contributed by atoms with van der Waals surface area (Å²) in [7, 11) is 4.89. The molecule has 57 heavy (non-hydrogen) atoms. The Hall–Kier alpha value is -2.64. The summed E-state index contributed by atoms with van der Waals surface area (Å²) in [6, 6.07) is -0.755. The molecule has 0 amide bonds. The van der Waals surface area contributed by atoms with Crippen molar-refractivity contribution in [3.63, 3.8) is 0 Å². The molecule has 16 nitrogen and oxygen atoms in total. The summed E-state index contributed by atoms with van der Waals surface area (Å²) in [5.74, 6) is -2.77. The second-order valence-electron chi connectivity index (χ2n) is 15.7. The fourth-order valence-electron chi connectivity index (χ4n) is 7.79. The molecule has 2 N–H and O–H groups in total. The van der Waals surface area contributed by atoms with Gasteiger partial charge in [0.1, 0.15) is 49.7 Å². The summed E-state index contributed by atoms with van der Waals surface area (Å²) in [5.41, 5.74) is -1.34. The molecule has 0 radical (unpaired) electrons. The summed E-state index contributed by atoms with van der Waals surface area (Å²) in [4.78, 5) is 53.4. The van der Waals surface area contributed by atoms with Crippen molar-refractivity contribution in [2.45, 2.75) is 166 Å². The van der Waals surface area contributed by atoms with E-state index in [-0.39, 0.29) is 38.3 Å². The zero-order chi connectivity index (χ0) is 42.4. The molecule has 3 aliphatic rings. The third-order valence-electron chi connectivity index (χ3n) is 10.7. The fraction of sp³-hybridized carbons (Fsp3) is 0.805. The van der Waals surface area contributed by atoms with Crippen molar-refractivity contribution in [1.29, 1.82) is 0 Å². The number of carbonyl (C=O) groups is 4. The van der Waals surface area contributed by atoms with E-state index in [0.29, 0.717) is 19.3 Å². The van der Waals surface area contributed by atoms with Crippen LogP contribution >= 0.6 is 0 Å². The minimum absolute atomic E-state index is 0.00190. The molecule has 0 aliphatic carbocycles. The van der Waals surface area contributed by atoms with E-state index in [1.807, 2.05) is 6.92 Å². The number of hydrogen-bond donors (Lipinski definition) is 2. The smallest absolute Gasteiger partial charge is 0.309 e. The first-order chi connectivity index (χ1) is 27.0. The van der Waals surface area contributed by atoms with Crippen molar-refractivity contribution in [3.05, 3.63) is 24.3 Å². The molecule has 2 fully saturated rings. The summed E-state index contributed by atoms with van der Waals surface area (Å²) in [6.45, 7) is 12.5. The monoisotopic (exact) mass is 813 g/mol. The maximum atomic E-state index is 13.3. The highest BCUT2D eigenvalue weighted by Gasteiger charge is 2.52. The van der Waals surface area contributed by atoms with Crippen molar-refractivity contribution in [1.82, 2.24) is 4.90 Å². The molecule has 2 saturated heterocycles. The molecular formula is C41H67NO15. The number of ether oxygens (including phenoxy) is 9. The van der Waals surface area contributed by atoms with E-state index in [1.54, 1.807) is 78.8 Å². The Morgan fingerprint density at radius 3 is 2.37 bits per heavy atom. The molecule has 0 spiro atoms. The van der Waals surface area contributed by atoms with E-state index in [0.717, 1.165) is 0 Å². The van der Waals surface area contributed by atoms with Gasteiger partial charge in [-0.3, -0.25) is 14.4 Å². The molecule has 0 unspecified atom stereocenters. The molecule has 16 heteroatoms. The van der Waals surface area contributed by atoms with E-state index in [4.69, 9.17) is 42.6 Å². The Bertz CT molecular complexity index is 1340. The number of allylic oxidation sites excluding steroid dienone is 3. The van der Waals surface area contributed by atoms with Crippen LogP contribution in [0.5, 0.6) is 0 Å². The number of aliphatic hydroxyl groups is 2. The normalized spacial score (nSPS) is 39.9. The van der Waals surface area contributed by atoms with Gasteiger partial charge in [0, 0.05) is 45.3 Å². The van der Waals surface area contributed by atoms with Crippen LogP contribution in [0.25, 0.3) is 0 Å². The fourth-order valence-corrected chi connectivity index (χ4v) is 7.79. The highest BCUT2D eigenvalue weighted by atomic mass is 16.7. The number of carbonyl (C=O) groups excluding carboxylic acids is 4. The van der Waals surface area contributed by atoms with Gasteiger partial charge in [-0.05, 0) is 67.1 Å². The molecule has 3 aliphatic heterocycles. The van der Waals surface area contributed by atoms with Crippen LogP contribution in [0.2, 0.25) is 0 Å². The van der Waals surface area contributed by atoms with Crippen LogP contribution in [-0.2, 0) is 61.8 Å². The van der Waals surface area contributed by atoms with E-state index in [1.165, 1.54) is 13.2 Å². The SMILES string of the molecule is CCOCO[C@H]1[C@H](C)O[C@@H](O[C@H]2[C@H](N(C)C)[C@@H](O)[C@H](O[C@H]3[C@@H](CC=O)C[C@@H](C)C(=O)/C=C/C=C/C[C@@H](C)OC(=O)C[C@@H](OC(=O)CC)[C@@H]3OC)O[C@@H]2C)C[C@@]1(C)O. The van der Waals surface area contributed by atoms with E-state index in [9.17, 15) is 29.4 Å². The second-order valence-corrected chi connectivity index (χ2v) is 15.7. The van der Waals surface area contributed by atoms with E-state index >= 15 is 0 Å². The van der Waals surface area contributed by atoms with E-state index < -0.39 is 109 Å². The Morgan fingerprint density at radius 1 is 1.04 bits per heavy atom. The van der Waals surface area contributed by atoms with Gasteiger partial charge in [-0.1, -0.05) is 32.1 Å². The van der Waals surface area contributed by atoms with Crippen molar-refractivity contribution < 1.29 is 72.0 Å². The van der Waals surface area contributed by atoms with Crippen LogP contribution in [0.3, 0.4) is 0 Å². The average molecular weight is 814 g/mol. The first kappa shape index (κ1) is 48.7. The molecule has 0 bridgehead atoms. The highest BCUT2D eigenvalue weighted by Crippen LogP contribution is 2.37. The van der Waals surface area contributed by atoms with Gasteiger partial charge < -0.3 is 62.5 Å². The van der Waals surface area contributed by atoms with Gasteiger partial charge in [0.05, 0.1) is 36.4 Å². The number of rotatable bonds is 14. The number of esters is 2. The lowest BCUT2D eigenvalue weighted by molar-refractivity contribution is -0.347. The Morgan fingerprint density at radius 2 is 1.75 bits per heavy atom. The van der Waals surface area contributed by atoms with Gasteiger partial charge in [-0.15, -0.1) is 0 Å². The van der Waals surface area contributed by atoms with Crippen LogP contribution in [0.15, 0.2) is 24.3 Å². The zero-order valence-corrected chi connectivity index (χ0v) is 35.3. The minimum atomic E-state index is -1.38. The van der Waals surface area contributed by atoms with Crippen molar-refractivity contribution >= 4 is 24.0 Å². The lowest BCUT2D eigenvalue weighted by atomic mass is 9.83. The molecule has 0 aromatic heterocycles. The molecule has 3 heterocycles. The van der Waals surface area contributed by atoms with E-state index in [2.05, 4.69) is 0 Å². The zero-order valence-electron chi connectivity index (χ0n) is 35.3. The first-order valence-electron chi connectivity index (χ1n) is 20.1. The van der Waals surface area contributed by atoms with Crippen LogP contribution in [0.1, 0.15) is 87.0 Å². The minimum Gasteiger partial charge on any atom is -0.462 e. The molecule has 326 valence electrons. The molecule has 0 aromatic carbocycles. The van der Waals surface area contributed by atoms with Crippen LogP contribution in [0.4, 0.5) is 0 Å². The number of likely N-dealkylation sites (N-methyl/N-ethyl adjacent to an activating group) is 1. The molecule has 0 aromatic rings. The Labute approximate surface area is 337 Å². The largest absolute Gasteiger partial charge is 0.462 e. The predicted molar refractivity (Wildman–Crippen MR) is 205 cm³/mol. The third-order valence-corrected chi connectivity index (χ3v) is 10.7. The maximum absolute atomic E-state index is 13.3. The predicted octanol–water partition coefficient (Wildman–Crippen LogP) is 3.03. The summed E-state index contributed by atoms with van der Waals surface area (Å²) >= 11 is 0. The van der Waals surface area contributed by atoms with Gasteiger partial charge in [-0.2, -0.15) is 0 Å². The maximum Gasteiger partial charge on any atom is 0.309 e. The summed E-state index contributed by atoms with van der Waals surface area (Å²) < 4.78 is 54.2. The number of aldehydes is 1. The molecule has 3 rings (SSSR count).